The van der Waals surface area contributed by atoms with Crippen LogP contribution >= 0.6 is 23.2 Å². The van der Waals surface area contributed by atoms with Gasteiger partial charge in [0.2, 0.25) is 9.84 Å². The van der Waals surface area contributed by atoms with Crippen molar-refractivity contribution in [2.75, 3.05) is 12.4 Å². The molecule has 1 amide bonds. The molecule has 0 bridgehead atoms. The zero-order valence-corrected chi connectivity index (χ0v) is 21.6. The average Bonchev–Trinajstić information content (AvgIpc) is 3.33. The van der Waals surface area contributed by atoms with E-state index in [-0.39, 0.29) is 33.6 Å². The van der Waals surface area contributed by atoms with Gasteiger partial charge in [-0.15, -0.1) is 0 Å². The van der Waals surface area contributed by atoms with Gasteiger partial charge in [-0.25, -0.2) is 8.42 Å². The van der Waals surface area contributed by atoms with Crippen LogP contribution in [0, 0.1) is 6.92 Å². The van der Waals surface area contributed by atoms with Crippen molar-refractivity contribution in [3.8, 4) is 11.5 Å². The van der Waals surface area contributed by atoms with E-state index < -0.39 is 15.7 Å². The van der Waals surface area contributed by atoms with E-state index in [0.717, 1.165) is 5.56 Å². The summed E-state index contributed by atoms with van der Waals surface area (Å²) in [6, 6.07) is 18.4. The van der Waals surface area contributed by atoms with Gasteiger partial charge in [-0.2, -0.15) is 0 Å². The molecule has 4 rings (SSSR count). The fraction of sp³-hybridized carbons (Fsp3) is 0.115. The van der Waals surface area contributed by atoms with Crippen LogP contribution in [0.15, 0.2) is 87.0 Å². The fourth-order valence-electron chi connectivity index (χ4n) is 3.36. The minimum Gasteiger partial charge on any atom is -0.497 e. The van der Waals surface area contributed by atoms with Crippen LogP contribution in [0.2, 0.25) is 10.0 Å². The summed E-state index contributed by atoms with van der Waals surface area (Å²) in [5.74, 6) is 0.810. The number of hydrogen-bond donors (Lipinski definition) is 1. The quantitative estimate of drug-likeness (QED) is 0.269. The molecule has 1 N–H and O–H groups in total. The molecule has 0 fully saturated rings. The maximum Gasteiger partial charge on any atom is 0.291 e. The number of hydrogen-bond acceptors (Lipinski definition) is 6. The molecule has 7 nitrogen and oxygen atoms in total. The number of carbonyl (C=O) groups excluding carboxylic acids is 1. The van der Waals surface area contributed by atoms with Gasteiger partial charge in [0.05, 0.1) is 16.9 Å². The number of ether oxygens (including phenoxy) is 2. The highest BCUT2D eigenvalue weighted by atomic mass is 35.5. The van der Waals surface area contributed by atoms with Gasteiger partial charge in [0, 0.05) is 21.8 Å². The monoisotopic (exact) mass is 545 g/mol. The Morgan fingerprint density at radius 1 is 0.917 bits per heavy atom. The first-order valence-corrected chi connectivity index (χ1v) is 12.9. The lowest BCUT2D eigenvalue weighted by atomic mass is 10.2. The average molecular weight is 546 g/mol. The predicted molar refractivity (Wildman–Crippen MR) is 137 cm³/mol. The first-order valence-electron chi connectivity index (χ1n) is 10.6. The fourth-order valence-corrected chi connectivity index (χ4v) is 5.03. The molecule has 0 spiro atoms. The third-order valence-corrected chi connectivity index (χ3v) is 7.44. The van der Waals surface area contributed by atoms with Crippen LogP contribution in [0.1, 0.15) is 21.9 Å². The van der Waals surface area contributed by atoms with Crippen LogP contribution in [0.5, 0.6) is 11.5 Å². The summed E-state index contributed by atoms with van der Waals surface area (Å²) >= 11 is 11.8. The lowest BCUT2D eigenvalue weighted by Crippen LogP contribution is -2.12. The Hall–Kier alpha value is -3.46. The van der Waals surface area contributed by atoms with Crippen molar-refractivity contribution < 1.29 is 27.1 Å². The first kappa shape index (κ1) is 25.6. The highest BCUT2D eigenvalue weighted by molar-refractivity contribution is 7.91. The van der Waals surface area contributed by atoms with Crippen molar-refractivity contribution in [3.63, 3.8) is 0 Å². The normalized spacial score (nSPS) is 11.2. The Balaban J connectivity index is 1.50. The predicted octanol–water partition coefficient (Wildman–Crippen LogP) is 6.57. The molecule has 36 heavy (non-hydrogen) atoms. The van der Waals surface area contributed by atoms with E-state index in [1.165, 1.54) is 55.6 Å². The third-order valence-electron chi connectivity index (χ3n) is 5.20. The Morgan fingerprint density at radius 3 is 2.33 bits per heavy atom. The van der Waals surface area contributed by atoms with E-state index in [2.05, 4.69) is 5.32 Å². The third kappa shape index (κ3) is 5.84. The first-order chi connectivity index (χ1) is 17.2. The molecule has 0 aliphatic heterocycles. The molecule has 3 aromatic carbocycles. The lowest BCUT2D eigenvalue weighted by molar-refractivity contribution is 0.0992. The standard InChI is InChI=1S/C26H21Cl2NO6S/c1-16-11-18(28)5-9-24(16)34-15-20-6-10-25(35-20)26(30)29-19-12-21(33-2)14-23(13-19)36(31,32)22-7-3-17(27)4-8-22/h3-14H,15H2,1-2H3,(H,29,30). The number of methoxy groups -OCH3 is 1. The number of furan rings is 1. The topological polar surface area (TPSA) is 94.8 Å². The second-order valence-corrected chi connectivity index (χ2v) is 10.6. The van der Waals surface area contributed by atoms with Gasteiger partial charge in [-0.3, -0.25) is 4.79 Å². The van der Waals surface area contributed by atoms with E-state index in [0.29, 0.717) is 21.6 Å². The minimum atomic E-state index is -3.89. The number of anilines is 1. The SMILES string of the molecule is COc1cc(NC(=O)c2ccc(COc3ccc(Cl)cc3C)o2)cc(S(=O)(=O)c2ccc(Cl)cc2)c1. The minimum absolute atomic E-state index is 0.0337. The van der Waals surface area contributed by atoms with Gasteiger partial charge in [-0.05, 0) is 79.2 Å². The van der Waals surface area contributed by atoms with Gasteiger partial charge in [-0.1, -0.05) is 23.2 Å². The second-order valence-electron chi connectivity index (χ2n) is 7.77. The van der Waals surface area contributed by atoms with Crippen LogP contribution < -0.4 is 14.8 Å². The molecule has 186 valence electrons. The zero-order valence-electron chi connectivity index (χ0n) is 19.2. The van der Waals surface area contributed by atoms with Gasteiger partial charge >= 0.3 is 0 Å². The van der Waals surface area contributed by atoms with E-state index in [4.69, 9.17) is 37.1 Å². The van der Waals surface area contributed by atoms with Gasteiger partial charge < -0.3 is 19.2 Å². The van der Waals surface area contributed by atoms with Crippen molar-refractivity contribution in [1.82, 2.24) is 0 Å². The summed E-state index contributed by atoms with van der Waals surface area (Å²) in [6.07, 6.45) is 0. The molecule has 0 aliphatic rings. The maximum atomic E-state index is 13.1. The summed E-state index contributed by atoms with van der Waals surface area (Å²) in [5.41, 5.74) is 1.09. The highest BCUT2D eigenvalue weighted by Crippen LogP contribution is 2.29. The van der Waals surface area contributed by atoms with Crippen molar-refractivity contribution >= 4 is 44.6 Å². The van der Waals surface area contributed by atoms with Crippen LogP contribution in [0.3, 0.4) is 0 Å². The number of sulfone groups is 1. The second kappa shape index (κ2) is 10.7. The van der Waals surface area contributed by atoms with Crippen molar-refractivity contribution in [2.45, 2.75) is 23.3 Å². The molecule has 1 heterocycles. The van der Waals surface area contributed by atoms with Crippen molar-refractivity contribution in [3.05, 3.63) is 99.9 Å². The summed E-state index contributed by atoms with van der Waals surface area (Å²) < 4.78 is 42.8. The summed E-state index contributed by atoms with van der Waals surface area (Å²) in [7, 11) is -2.48. The van der Waals surface area contributed by atoms with E-state index in [9.17, 15) is 13.2 Å². The number of halogens is 2. The zero-order chi connectivity index (χ0) is 25.9. The van der Waals surface area contributed by atoms with E-state index in [1.54, 1.807) is 24.3 Å². The Bertz CT molecular complexity index is 1510. The number of nitrogens with one attached hydrogen (secondary N) is 1. The summed E-state index contributed by atoms with van der Waals surface area (Å²) in [5, 5.41) is 3.68. The van der Waals surface area contributed by atoms with E-state index in [1.807, 2.05) is 6.92 Å². The van der Waals surface area contributed by atoms with Crippen LogP contribution in [0.4, 0.5) is 5.69 Å². The molecule has 1 aromatic heterocycles. The van der Waals surface area contributed by atoms with Gasteiger partial charge in [0.1, 0.15) is 23.9 Å². The molecule has 4 aromatic rings. The molecular weight excluding hydrogens is 525 g/mol. The van der Waals surface area contributed by atoms with Gasteiger partial charge in [0.15, 0.2) is 5.76 Å². The molecule has 0 aliphatic carbocycles. The molecule has 0 saturated carbocycles. The van der Waals surface area contributed by atoms with Gasteiger partial charge in [0.25, 0.3) is 5.91 Å². The van der Waals surface area contributed by atoms with Crippen LogP contribution in [-0.4, -0.2) is 21.4 Å². The smallest absolute Gasteiger partial charge is 0.291 e. The molecule has 10 heteroatoms. The van der Waals surface area contributed by atoms with Crippen LogP contribution in [0.25, 0.3) is 0 Å². The number of aryl methyl sites for hydroxylation is 1. The van der Waals surface area contributed by atoms with Crippen LogP contribution in [-0.2, 0) is 16.4 Å². The van der Waals surface area contributed by atoms with E-state index >= 15 is 0 Å². The number of benzene rings is 3. The maximum absolute atomic E-state index is 13.1. The largest absolute Gasteiger partial charge is 0.497 e. The lowest BCUT2D eigenvalue weighted by Gasteiger charge is -2.11. The summed E-state index contributed by atoms with van der Waals surface area (Å²) in [4.78, 5) is 12.8. The Kier molecular flexibility index (Phi) is 7.59. The Morgan fingerprint density at radius 2 is 1.64 bits per heavy atom. The molecular formula is C26H21Cl2NO6S. The number of rotatable bonds is 8. The molecule has 0 unspecified atom stereocenters. The number of amides is 1. The van der Waals surface area contributed by atoms with Crippen molar-refractivity contribution in [2.24, 2.45) is 0 Å². The number of carbonyl (C=O) groups is 1. The molecule has 0 saturated heterocycles. The van der Waals surface area contributed by atoms with Crippen molar-refractivity contribution in [1.29, 1.82) is 0 Å². The summed E-state index contributed by atoms with van der Waals surface area (Å²) in [6.45, 7) is 1.98. The molecule has 0 atom stereocenters. The highest BCUT2D eigenvalue weighted by Gasteiger charge is 2.21. The Labute approximate surface area is 218 Å². The molecule has 0 radical (unpaired) electrons.